The minimum atomic E-state index is -0.423. The van der Waals surface area contributed by atoms with Crippen molar-refractivity contribution < 1.29 is 9.26 Å². The van der Waals surface area contributed by atoms with Gasteiger partial charge in [0.25, 0.3) is 0 Å². The fraction of sp³-hybridized carbons (Fsp3) is 0.0667. The third-order valence-corrected chi connectivity index (χ3v) is 2.99. The van der Waals surface area contributed by atoms with Gasteiger partial charge in [-0.3, -0.25) is 0 Å². The molecule has 0 saturated carbocycles. The van der Waals surface area contributed by atoms with Gasteiger partial charge in [-0.1, -0.05) is 23.4 Å². The number of nitrogens with zero attached hydrogens (tertiary/aromatic N) is 1. The van der Waals surface area contributed by atoms with Crippen LogP contribution in [0, 0.1) is 0 Å². The second-order valence-corrected chi connectivity index (χ2v) is 4.09. The lowest BCUT2D eigenvalue weighted by Gasteiger charge is -2.04. The van der Waals surface area contributed by atoms with Gasteiger partial charge >= 0.3 is 5.63 Å². The molecule has 0 spiro atoms. The van der Waals surface area contributed by atoms with Crippen molar-refractivity contribution >= 4 is 10.8 Å². The van der Waals surface area contributed by atoms with Crippen molar-refractivity contribution in [3.05, 3.63) is 59.0 Å². The van der Waals surface area contributed by atoms with Crippen LogP contribution in [0.2, 0.25) is 0 Å². The Kier molecular flexibility index (Phi) is 2.76. The Morgan fingerprint density at radius 3 is 2.37 bits per heavy atom. The first kappa shape index (κ1) is 11.5. The van der Waals surface area contributed by atoms with E-state index in [0.717, 1.165) is 16.7 Å². The quantitative estimate of drug-likeness (QED) is 0.704. The molecule has 4 nitrogen and oxygen atoms in total. The van der Waals surface area contributed by atoms with Gasteiger partial charge < -0.3 is 9.26 Å². The second-order valence-electron chi connectivity index (χ2n) is 4.09. The van der Waals surface area contributed by atoms with Crippen LogP contribution in [0.25, 0.3) is 22.0 Å². The number of hydrogen-bond acceptors (Lipinski definition) is 4. The van der Waals surface area contributed by atoms with Crippen molar-refractivity contribution in [2.45, 2.75) is 0 Å². The van der Waals surface area contributed by atoms with E-state index in [2.05, 4.69) is 5.16 Å². The standard InChI is InChI=1S/C15H11NO3/c1-18-11-8-6-10(7-9-11)14-12-4-2-3-5-13(12)15(17)19-16-14/h2-9H,1H3. The van der Waals surface area contributed by atoms with Gasteiger partial charge in [-0.25, -0.2) is 4.79 Å². The van der Waals surface area contributed by atoms with Crippen molar-refractivity contribution in [2.75, 3.05) is 7.11 Å². The zero-order valence-corrected chi connectivity index (χ0v) is 10.3. The first-order valence-electron chi connectivity index (χ1n) is 5.83. The van der Waals surface area contributed by atoms with Crippen LogP contribution in [0.15, 0.2) is 57.8 Å². The number of hydrogen-bond donors (Lipinski definition) is 0. The lowest BCUT2D eigenvalue weighted by Crippen LogP contribution is -2.02. The molecule has 0 saturated heterocycles. The summed E-state index contributed by atoms with van der Waals surface area (Å²) in [4.78, 5) is 11.6. The molecule has 0 aliphatic heterocycles. The zero-order valence-electron chi connectivity index (χ0n) is 10.3. The fourth-order valence-corrected chi connectivity index (χ4v) is 2.01. The Bertz CT molecular complexity index is 775. The molecule has 94 valence electrons. The molecule has 3 aromatic rings. The normalized spacial score (nSPS) is 10.6. The highest BCUT2D eigenvalue weighted by Crippen LogP contribution is 2.26. The molecule has 0 radical (unpaired) electrons. The van der Waals surface area contributed by atoms with Crippen molar-refractivity contribution in [3.63, 3.8) is 0 Å². The molecule has 0 atom stereocenters. The van der Waals surface area contributed by atoms with Crippen molar-refractivity contribution in [1.82, 2.24) is 5.16 Å². The summed E-state index contributed by atoms with van der Waals surface area (Å²) >= 11 is 0. The SMILES string of the molecule is COc1ccc(-c2noc(=O)c3ccccc23)cc1. The van der Waals surface area contributed by atoms with E-state index >= 15 is 0 Å². The van der Waals surface area contributed by atoms with Gasteiger partial charge in [0.2, 0.25) is 0 Å². The zero-order chi connectivity index (χ0) is 13.2. The number of ether oxygens (including phenoxy) is 1. The van der Waals surface area contributed by atoms with Crippen molar-refractivity contribution in [2.24, 2.45) is 0 Å². The predicted molar refractivity (Wildman–Crippen MR) is 72.3 cm³/mol. The van der Waals surface area contributed by atoms with Gasteiger partial charge in [-0.05, 0) is 30.3 Å². The first-order valence-corrected chi connectivity index (χ1v) is 5.83. The minimum Gasteiger partial charge on any atom is -0.497 e. The summed E-state index contributed by atoms with van der Waals surface area (Å²) < 4.78 is 9.96. The number of fused-ring (bicyclic) bond motifs is 1. The smallest absolute Gasteiger partial charge is 0.366 e. The van der Waals surface area contributed by atoms with Crippen molar-refractivity contribution in [1.29, 1.82) is 0 Å². The van der Waals surface area contributed by atoms with Crippen LogP contribution >= 0.6 is 0 Å². The summed E-state index contributed by atoms with van der Waals surface area (Å²) in [5.74, 6) is 0.769. The molecular weight excluding hydrogens is 242 g/mol. The molecule has 2 aromatic carbocycles. The van der Waals surface area contributed by atoms with E-state index in [9.17, 15) is 4.79 Å². The topological polar surface area (TPSA) is 52.3 Å². The molecule has 0 N–H and O–H groups in total. The largest absolute Gasteiger partial charge is 0.497 e. The maximum absolute atomic E-state index is 11.6. The van der Waals surface area contributed by atoms with E-state index in [1.807, 2.05) is 36.4 Å². The Balaban J connectivity index is 2.24. The predicted octanol–water partition coefficient (Wildman–Crippen LogP) is 2.86. The molecule has 0 fully saturated rings. The maximum Gasteiger partial charge on any atom is 0.366 e. The van der Waals surface area contributed by atoms with Crippen LogP contribution < -0.4 is 10.4 Å². The Morgan fingerprint density at radius 2 is 1.68 bits per heavy atom. The molecule has 0 aliphatic rings. The van der Waals surface area contributed by atoms with E-state index < -0.39 is 5.63 Å². The summed E-state index contributed by atoms with van der Waals surface area (Å²) in [6.07, 6.45) is 0. The highest BCUT2D eigenvalue weighted by Gasteiger charge is 2.09. The van der Waals surface area contributed by atoms with Crippen molar-refractivity contribution in [3.8, 4) is 17.0 Å². The fourth-order valence-electron chi connectivity index (χ4n) is 2.01. The van der Waals surface area contributed by atoms with E-state index in [0.29, 0.717) is 11.1 Å². The number of aromatic nitrogens is 1. The maximum atomic E-state index is 11.6. The van der Waals surface area contributed by atoms with Crippen LogP contribution in [-0.4, -0.2) is 12.3 Å². The Morgan fingerprint density at radius 1 is 1.00 bits per heavy atom. The van der Waals surface area contributed by atoms with Gasteiger partial charge in [-0.15, -0.1) is 0 Å². The van der Waals surface area contributed by atoms with Gasteiger partial charge in [-0.2, -0.15) is 0 Å². The lowest BCUT2D eigenvalue weighted by molar-refractivity contribution is 0.380. The van der Waals surface area contributed by atoms with Gasteiger partial charge in [0, 0.05) is 10.9 Å². The second kappa shape index (κ2) is 4.57. The molecule has 0 amide bonds. The number of rotatable bonds is 2. The molecular formula is C15H11NO3. The molecule has 0 unspecified atom stereocenters. The van der Waals surface area contributed by atoms with Crippen LogP contribution in [-0.2, 0) is 0 Å². The van der Waals surface area contributed by atoms with Gasteiger partial charge in [0.1, 0.15) is 11.4 Å². The monoisotopic (exact) mass is 253 g/mol. The molecule has 1 aromatic heterocycles. The highest BCUT2D eigenvalue weighted by molar-refractivity contribution is 5.93. The third-order valence-electron chi connectivity index (χ3n) is 2.99. The molecule has 3 rings (SSSR count). The van der Waals surface area contributed by atoms with Crippen LogP contribution in [0.4, 0.5) is 0 Å². The van der Waals surface area contributed by atoms with E-state index in [1.54, 1.807) is 19.2 Å². The Labute approximate surface area is 109 Å². The molecule has 19 heavy (non-hydrogen) atoms. The molecule has 0 aliphatic carbocycles. The van der Waals surface area contributed by atoms with Crippen LogP contribution in [0.1, 0.15) is 0 Å². The van der Waals surface area contributed by atoms with Crippen LogP contribution in [0.3, 0.4) is 0 Å². The van der Waals surface area contributed by atoms with E-state index in [4.69, 9.17) is 9.26 Å². The molecule has 1 heterocycles. The highest BCUT2D eigenvalue weighted by atomic mass is 16.5. The van der Waals surface area contributed by atoms with Gasteiger partial charge in [0.15, 0.2) is 0 Å². The summed E-state index contributed by atoms with van der Waals surface area (Å²) in [7, 11) is 1.62. The van der Waals surface area contributed by atoms with Crippen LogP contribution in [0.5, 0.6) is 5.75 Å². The Hall–Kier alpha value is -2.62. The first-order chi connectivity index (χ1) is 9.29. The lowest BCUT2D eigenvalue weighted by atomic mass is 10.1. The minimum absolute atomic E-state index is 0.423. The molecule has 0 bridgehead atoms. The van der Waals surface area contributed by atoms with E-state index in [-0.39, 0.29) is 0 Å². The summed E-state index contributed by atoms with van der Waals surface area (Å²) in [5.41, 5.74) is 1.10. The summed E-state index contributed by atoms with van der Waals surface area (Å²) in [5, 5.41) is 5.22. The third kappa shape index (κ3) is 1.97. The number of methoxy groups -OCH3 is 1. The number of benzene rings is 2. The van der Waals surface area contributed by atoms with Gasteiger partial charge in [0.05, 0.1) is 12.5 Å². The average molecular weight is 253 g/mol. The summed E-state index contributed by atoms with van der Waals surface area (Å²) in [6, 6.07) is 14.7. The average Bonchev–Trinajstić information content (AvgIpc) is 2.48. The van der Waals surface area contributed by atoms with E-state index in [1.165, 1.54) is 0 Å². The molecule has 4 heteroatoms. The summed E-state index contributed by atoms with van der Waals surface area (Å²) in [6.45, 7) is 0.